The van der Waals surface area contributed by atoms with Gasteiger partial charge in [-0.15, -0.1) is 11.3 Å². The Morgan fingerprint density at radius 3 is 2.79 bits per heavy atom. The summed E-state index contributed by atoms with van der Waals surface area (Å²) in [5.41, 5.74) is 0. The Kier molecular flexibility index (Phi) is 4.79. The lowest BCUT2D eigenvalue weighted by Crippen LogP contribution is -2.41. The number of carbonyl (C=O) groups is 2. The molecule has 5 nitrogen and oxygen atoms in total. The molecule has 0 radical (unpaired) electrons. The molecule has 1 saturated carbocycles. The molecular weight excluding hydrogens is 264 g/mol. The van der Waals surface area contributed by atoms with E-state index in [4.69, 9.17) is 5.11 Å². The van der Waals surface area contributed by atoms with Crippen LogP contribution in [0.4, 0.5) is 4.79 Å². The molecule has 0 aliphatic heterocycles. The topological polar surface area (TPSA) is 78.4 Å². The lowest BCUT2D eigenvalue weighted by atomic mass is 9.83. The number of hydrogen-bond acceptors (Lipinski definition) is 3. The Balaban J connectivity index is 1.76. The zero-order valence-electron chi connectivity index (χ0n) is 10.6. The van der Waals surface area contributed by atoms with Gasteiger partial charge in [-0.25, -0.2) is 9.59 Å². The van der Waals surface area contributed by atoms with Crippen molar-refractivity contribution in [1.82, 2.24) is 10.6 Å². The van der Waals surface area contributed by atoms with Crippen LogP contribution in [0.2, 0.25) is 0 Å². The van der Waals surface area contributed by atoms with Crippen LogP contribution in [0.25, 0.3) is 0 Å². The smallest absolute Gasteiger partial charge is 0.331 e. The molecule has 1 unspecified atom stereocenters. The summed E-state index contributed by atoms with van der Waals surface area (Å²) in [6, 6.07) is 2.09. The van der Waals surface area contributed by atoms with E-state index in [-0.39, 0.29) is 0 Å². The van der Waals surface area contributed by atoms with Crippen molar-refractivity contribution in [1.29, 1.82) is 0 Å². The van der Waals surface area contributed by atoms with Crippen molar-refractivity contribution in [2.24, 2.45) is 5.92 Å². The number of hydrogen-bond donors (Lipinski definition) is 3. The predicted octanol–water partition coefficient (Wildman–Crippen LogP) is 2.36. The van der Waals surface area contributed by atoms with E-state index in [0.29, 0.717) is 11.4 Å². The number of nitrogens with one attached hydrogen (secondary N) is 2. The van der Waals surface area contributed by atoms with Gasteiger partial charge in [0.1, 0.15) is 0 Å². The molecule has 1 aliphatic carbocycles. The molecule has 1 aromatic heterocycles. The first-order valence-electron chi connectivity index (χ1n) is 6.47. The summed E-state index contributed by atoms with van der Waals surface area (Å²) in [5.74, 6) is -0.315. The minimum Gasteiger partial charge on any atom is -0.479 e. The van der Waals surface area contributed by atoms with Gasteiger partial charge in [0.05, 0.1) is 0 Å². The van der Waals surface area contributed by atoms with Crippen LogP contribution in [0.5, 0.6) is 0 Å². The van der Waals surface area contributed by atoms with E-state index in [0.717, 1.165) is 12.3 Å². The van der Waals surface area contributed by atoms with Gasteiger partial charge in [-0.1, -0.05) is 25.3 Å². The van der Waals surface area contributed by atoms with E-state index < -0.39 is 18.0 Å². The second kappa shape index (κ2) is 6.56. The van der Waals surface area contributed by atoms with Crippen LogP contribution in [-0.4, -0.2) is 23.7 Å². The summed E-state index contributed by atoms with van der Waals surface area (Å²) in [7, 11) is 0. The predicted molar refractivity (Wildman–Crippen MR) is 73.2 cm³/mol. The number of carboxylic acids is 1. The van der Waals surface area contributed by atoms with Crippen LogP contribution in [0.1, 0.15) is 36.6 Å². The average molecular weight is 282 g/mol. The fourth-order valence-electron chi connectivity index (χ4n) is 2.06. The van der Waals surface area contributed by atoms with E-state index in [1.54, 1.807) is 17.5 Å². The maximum Gasteiger partial charge on any atom is 0.331 e. The lowest BCUT2D eigenvalue weighted by Gasteiger charge is -2.25. The Labute approximate surface area is 116 Å². The highest BCUT2D eigenvalue weighted by molar-refractivity contribution is 7.10. The highest BCUT2D eigenvalue weighted by Gasteiger charge is 2.23. The van der Waals surface area contributed by atoms with Gasteiger partial charge in [0, 0.05) is 11.4 Å². The van der Waals surface area contributed by atoms with Crippen LogP contribution in [0.15, 0.2) is 17.5 Å². The fraction of sp³-hybridized carbons (Fsp3) is 0.538. The molecule has 1 aliphatic rings. The molecule has 0 saturated heterocycles. The van der Waals surface area contributed by atoms with E-state index >= 15 is 0 Å². The summed E-state index contributed by atoms with van der Waals surface area (Å²) in [4.78, 5) is 23.4. The second-order valence-corrected chi connectivity index (χ2v) is 5.75. The third kappa shape index (κ3) is 3.96. The Hall–Kier alpha value is -1.56. The van der Waals surface area contributed by atoms with E-state index in [1.165, 1.54) is 30.6 Å². The first kappa shape index (κ1) is 13.9. The molecular formula is C13H18N2O3S. The summed E-state index contributed by atoms with van der Waals surface area (Å²) < 4.78 is 0. The van der Waals surface area contributed by atoms with Crippen LogP contribution in [0, 0.1) is 5.92 Å². The van der Waals surface area contributed by atoms with Crippen molar-refractivity contribution >= 4 is 23.3 Å². The summed E-state index contributed by atoms with van der Waals surface area (Å²) >= 11 is 1.32. The minimum atomic E-state index is -1.04. The average Bonchev–Trinajstić information content (AvgIpc) is 2.82. The van der Waals surface area contributed by atoms with Crippen LogP contribution in [-0.2, 0) is 4.79 Å². The van der Waals surface area contributed by atoms with E-state index in [9.17, 15) is 9.59 Å². The molecule has 1 fully saturated rings. The van der Waals surface area contributed by atoms with Crippen molar-refractivity contribution in [3.63, 3.8) is 0 Å². The van der Waals surface area contributed by atoms with Crippen LogP contribution < -0.4 is 10.6 Å². The van der Waals surface area contributed by atoms with Gasteiger partial charge in [0.15, 0.2) is 6.04 Å². The molecule has 2 rings (SSSR count). The van der Waals surface area contributed by atoms with Crippen molar-refractivity contribution in [2.45, 2.75) is 31.7 Å². The molecule has 1 aromatic rings. The highest BCUT2D eigenvalue weighted by Crippen LogP contribution is 2.28. The largest absolute Gasteiger partial charge is 0.479 e. The van der Waals surface area contributed by atoms with Crippen LogP contribution >= 0.6 is 11.3 Å². The molecule has 1 heterocycles. The van der Waals surface area contributed by atoms with Gasteiger partial charge < -0.3 is 15.7 Å². The van der Waals surface area contributed by atoms with Gasteiger partial charge in [-0.3, -0.25) is 0 Å². The number of aliphatic carboxylic acids is 1. The Morgan fingerprint density at radius 2 is 2.26 bits per heavy atom. The monoisotopic (exact) mass is 282 g/mol. The van der Waals surface area contributed by atoms with Crippen LogP contribution in [0.3, 0.4) is 0 Å². The number of thiophene rings is 1. The summed E-state index contributed by atoms with van der Waals surface area (Å²) in [6.45, 7) is 0.604. The SMILES string of the molecule is O=C(NCCC1CCC1)NC(C(=O)O)c1cccs1. The molecule has 6 heteroatoms. The number of carboxylic acid groups (broad SMARTS) is 1. The third-order valence-corrected chi connectivity index (χ3v) is 4.35. The van der Waals surface area contributed by atoms with E-state index in [1.807, 2.05) is 0 Å². The molecule has 104 valence electrons. The first-order valence-corrected chi connectivity index (χ1v) is 7.35. The zero-order valence-corrected chi connectivity index (χ0v) is 11.4. The van der Waals surface area contributed by atoms with E-state index in [2.05, 4.69) is 10.6 Å². The maximum atomic E-state index is 11.7. The van der Waals surface area contributed by atoms with Crippen molar-refractivity contribution in [3.8, 4) is 0 Å². The van der Waals surface area contributed by atoms with Gasteiger partial charge in [-0.2, -0.15) is 0 Å². The Bertz CT molecular complexity index is 429. The van der Waals surface area contributed by atoms with Gasteiger partial charge in [0.25, 0.3) is 0 Å². The van der Waals surface area contributed by atoms with Crippen molar-refractivity contribution in [3.05, 3.63) is 22.4 Å². The second-order valence-electron chi connectivity index (χ2n) is 4.77. The number of amides is 2. The molecule has 19 heavy (non-hydrogen) atoms. The minimum absolute atomic E-state index is 0.417. The third-order valence-electron chi connectivity index (χ3n) is 3.41. The van der Waals surface area contributed by atoms with Gasteiger partial charge in [0.2, 0.25) is 0 Å². The van der Waals surface area contributed by atoms with Gasteiger partial charge in [-0.05, 0) is 23.8 Å². The Morgan fingerprint density at radius 1 is 1.47 bits per heavy atom. The normalized spacial score (nSPS) is 16.4. The number of rotatable bonds is 6. The lowest BCUT2D eigenvalue weighted by molar-refractivity contribution is -0.139. The fourth-order valence-corrected chi connectivity index (χ4v) is 2.83. The molecule has 3 N–H and O–H groups in total. The maximum absolute atomic E-state index is 11.7. The van der Waals surface area contributed by atoms with Crippen molar-refractivity contribution in [2.75, 3.05) is 6.54 Å². The standard InChI is InChI=1S/C13H18N2O3S/c16-12(17)11(10-5-2-8-19-10)15-13(18)14-7-6-9-3-1-4-9/h2,5,8-9,11H,1,3-4,6-7H2,(H,16,17)(H2,14,15,18). The summed E-state index contributed by atoms with van der Waals surface area (Å²) in [6.07, 6.45) is 4.76. The molecule has 1 atom stereocenters. The van der Waals surface area contributed by atoms with Crippen molar-refractivity contribution < 1.29 is 14.7 Å². The number of urea groups is 1. The number of carbonyl (C=O) groups excluding carboxylic acids is 1. The quantitative estimate of drug-likeness (QED) is 0.749. The summed E-state index contributed by atoms with van der Waals surface area (Å²) in [5, 5.41) is 16.1. The molecule has 0 aromatic carbocycles. The molecule has 0 bridgehead atoms. The zero-order chi connectivity index (χ0) is 13.7. The first-order chi connectivity index (χ1) is 9.16. The van der Waals surface area contributed by atoms with Gasteiger partial charge >= 0.3 is 12.0 Å². The molecule has 0 spiro atoms. The molecule has 2 amide bonds. The highest BCUT2D eigenvalue weighted by atomic mass is 32.1.